The summed E-state index contributed by atoms with van der Waals surface area (Å²) in [7, 11) is -3.28. The van der Waals surface area contributed by atoms with Gasteiger partial charge in [-0.2, -0.15) is 0 Å². The molecule has 7 nitrogen and oxygen atoms in total. The van der Waals surface area contributed by atoms with Crippen molar-refractivity contribution in [3.63, 3.8) is 0 Å². The smallest absolute Gasteiger partial charge is 0.250 e. The Hall–Kier alpha value is -2.45. The molecular formula is C22H27N3O4S. The van der Waals surface area contributed by atoms with Gasteiger partial charge in [0.2, 0.25) is 15.9 Å². The van der Waals surface area contributed by atoms with Crippen LogP contribution in [-0.4, -0.2) is 42.0 Å². The van der Waals surface area contributed by atoms with Crippen molar-refractivity contribution in [1.82, 2.24) is 8.87 Å². The van der Waals surface area contributed by atoms with E-state index < -0.39 is 10.0 Å². The number of aromatic nitrogens is 1. The number of rotatable bonds is 5. The minimum atomic E-state index is -3.28. The summed E-state index contributed by atoms with van der Waals surface area (Å²) in [5.41, 5.74) is 3.48. The molecule has 160 valence electrons. The van der Waals surface area contributed by atoms with Gasteiger partial charge in [0, 0.05) is 55.5 Å². The lowest BCUT2D eigenvalue weighted by atomic mass is 9.81. The van der Waals surface area contributed by atoms with Crippen LogP contribution in [0.5, 0.6) is 0 Å². The quantitative estimate of drug-likeness (QED) is 0.791. The molecule has 0 radical (unpaired) electrons. The summed E-state index contributed by atoms with van der Waals surface area (Å²) in [5, 5.41) is 2.76. The maximum absolute atomic E-state index is 12.7. The van der Waals surface area contributed by atoms with Crippen LogP contribution >= 0.6 is 0 Å². The molecule has 1 N–H and O–H groups in total. The zero-order valence-electron chi connectivity index (χ0n) is 17.3. The number of nitrogens with zero attached hydrogens (tertiary/aromatic N) is 2. The fourth-order valence-electron chi connectivity index (χ4n) is 4.77. The Labute approximate surface area is 176 Å². The Morgan fingerprint density at radius 3 is 2.50 bits per heavy atom. The van der Waals surface area contributed by atoms with Crippen LogP contribution in [0.15, 0.2) is 41.2 Å². The molecule has 1 aromatic carbocycles. The number of carbonyl (C=O) groups is 1. The lowest BCUT2D eigenvalue weighted by molar-refractivity contribution is -0.114. The van der Waals surface area contributed by atoms with Gasteiger partial charge in [-0.3, -0.25) is 9.59 Å². The number of benzene rings is 1. The zero-order chi connectivity index (χ0) is 21.5. The molecule has 2 aliphatic rings. The third kappa shape index (κ3) is 3.94. The van der Waals surface area contributed by atoms with Crippen LogP contribution in [0.3, 0.4) is 0 Å². The average molecular weight is 430 g/mol. The molecule has 0 saturated carbocycles. The van der Waals surface area contributed by atoms with Gasteiger partial charge in [-0.05, 0) is 42.5 Å². The highest BCUT2D eigenvalue weighted by Gasteiger charge is 2.39. The predicted molar refractivity (Wildman–Crippen MR) is 117 cm³/mol. The Morgan fingerprint density at radius 1 is 1.10 bits per heavy atom. The molecule has 1 aromatic heterocycles. The second-order valence-corrected chi connectivity index (χ2v) is 10.4. The number of hydrogen-bond acceptors (Lipinski definition) is 4. The zero-order valence-corrected chi connectivity index (χ0v) is 18.1. The molecule has 2 bridgehead atoms. The van der Waals surface area contributed by atoms with Crippen LogP contribution in [-0.2, 0) is 21.4 Å². The van der Waals surface area contributed by atoms with Crippen molar-refractivity contribution in [3.8, 4) is 11.1 Å². The highest BCUT2D eigenvalue weighted by Crippen LogP contribution is 2.40. The van der Waals surface area contributed by atoms with E-state index in [4.69, 9.17) is 0 Å². The van der Waals surface area contributed by atoms with E-state index in [2.05, 4.69) is 5.32 Å². The molecule has 0 aliphatic carbocycles. The molecule has 8 heteroatoms. The summed E-state index contributed by atoms with van der Waals surface area (Å²) >= 11 is 0. The van der Waals surface area contributed by atoms with Gasteiger partial charge in [0.25, 0.3) is 5.56 Å². The van der Waals surface area contributed by atoms with Gasteiger partial charge in [-0.1, -0.05) is 19.1 Å². The first-order valence-electron chi connectivity index (χ1n) is 10.4. The average Bonchev–Trinajstić information content (AvgIpc) is 2.69. The van der Waals surface area contributed by atoms with Gasteiger partial charge in [0.15, 0.2) is 0 Å². The highest BCUT2D eigenvalue weighted by molar-refractivity contribution is 7.89. The standard InChI is InChI=1S/C22H27N3O4S/c1-3-10-30(28,29)24-12-16-11-18(14-24)22-20(8-9-21(27)25(22)13-16)17-4-6-19(7-5-17)23-15(2)26/h4-9,16,18H,3,10-14H2,1-2H3,(H,23,26)/t16-,18-/m1/s1. The minimum absolute atomic E-state index is 0.0111. The summed E-state index contributed by atoms with van der Waals surface area (Å²) in [6, 6.07) is 10.9. The molecule has 0 unspecified atom stereocenters. The van der Waals surface area contributed by atoms with E-state index in [-0.39, 0.29) is 29.1 Å². The maximum Gasteiger partial charge on any atom is 0.250 e. The summed E-state index contributed by atoms with van der Waals surface area (Å²) in [6.07, 6.45) is 1.48. The van der Waals surface area contributed by atoms with Crippen LogP contribution in [0.2, 0.25) is 0 Å². The first-order valence-corrected chi connectivity index (χ1v) is 12.0. The van der Waals surface area contributed by atoms with Crippen LogP contribution in [0.25, 0.3) is 11.1 Å². The third-order valence-corrected chi connectivity index (χ3v) is 7.94. The number of piperidine rings is 1. The molecule has 1 saturated heterocycles. The van der Waals surface area contributed by atoms with Crippen LogP contribution in [0.4, 0.5) is 5.69 Å². The van der Waals surface area contributed by atoms with Crippen LogP contribution in [0.1, 0.15) is 38.3 Å². The van der Waals surface area contributed by atoms with E-state index in [9.17, 15) is 18.0 Å². The van der Waals surface area contributed by atoms with Crippen molar-refractivity contribution in [2.75, 3.05) is 24.2 Å². The molecule has 2 aromatic rings. The predicted octanol–water partition coefficient (Wildman–Crippen LogP) is 2.63. The van der Waals surface area contributed by atoms with E-state index in [0.29, 0.717) is 31.7 Å². The largest absolute Gasteiger partial charge is 0.326 e. The topological polar surface area (TPSA) is 88.5 Å². The molecule has 2 atom stereocenters. The number of sulfonamides is 1. The summed E-state index contributed by atoms with van der Waals surface area (Å²) in [6.45, 7) is 4.78. The van der Waals surface area contributed by atoms with E-state index >= 15 is 0 Å². The fraction of sp³-hybridized carbons (Fsp3) is 0.455. The lowest BCUT2D eigenvalue weighted by Gasteiger charge is -2.43. The first kappa shape index (κ1) is 20.8. The Balaban J connectivity index is 1.73. The second kappa shape index (κ2) is 8.00. The molecule has 3 heterocycles. The Kier molecular flexibility index (Phi) is 5.55. The summed E-state index contributed by atoms with van der Waals surface area (Å²) in [5.74, 6) is 0.167. The highest BCUT2D eigenvalue weighted by atomic mass is 32.2. The van der Waals surface area contributed by atoms with Gasteiger partial charge in [0.05, 0.1) is 5.75 Å². The van der Waals surface area contributed by atoms with Crippen LogP contribution < -0.4 is 10.9 Å². The Morgan fingerprint density at radius 2 is 1.83 bits per heavy atom. The summed E-state index contributed by atoms with van der Waals surface area (Å²) in [4.78, 5) is 23.9. The van der Waals surface area contributed by atoms with Crippen molar-refractivity contribution in [1.29, 1.82) is 0 Å². The van der Waals surface area contributed by atoms with Crippen molar-refractivity contribution in [2.24, 2.45) is 5.92 Å². The number of anilines is 1. The monoisotopic (exact) mass is 429 g/mol. The first-order chi connectivity index (χ1) is 14.3. The molecule has 30 heavy (non-hydrogen) atoms. The molecule has 0 spiro atoms. The van der Waals surface area contributed by atoms with Crippen molar-refractivity contribution in [2.45, 2.75) is 39.2 Å². The molecule has 1 amide bonds. The minimum Gasteiger partial charge on any atom is -0.326 e. The van der Waals surface area contributed by atoms with E-state index in [0.717, 1.165) is 23.2 Å². The number of hydrogen-bond donors (Lipinski definition) is 1. The number of carbonyl (C=O) groups excluding carboxylic acids is 1. The number of fused-ring (bicyclic) bond motifs is 4. The number of amides is 1. The SMILES string of the molecule is CCCS(=O)(=O)N1C[C@H]2C[C@H](C1)c1c(-c3ccc(NC(C)=O)cc3)ccc(=O)n1C2. The van der Waals surface area contributed by atoms with Crippen LogP contribution in [0, 0.1) is 5.92 Å². The van der Waals surface area contributed by atoms with Gasteiger partial charge < -0.3 is 9.88 Å². The molecule has 4 rings (SSSR count). The summed E-state index contributed by atoms with van der Waals surface area (Å²) < 4.78 is 28.9. The van der Waals surface area contributed by atoms with E-state index in [1.54, 1.807) is 10.4 Å². The number of nitrogens with one attached hydrogen (secondary N) is 1. The van der Waals surface area contributed by atoms with Crippen molar-refractivity contribution in [3.05, 3.63) is 52.4 Å². The normalized spacial score (nSPS) is 21.1. The van der Waals surface area contributed by atoms with Gasteiger partial charge in [0.1, 0.15) is 0 Å². The molecule has 2 aliphatic heterocycles. The van der Waals surface area contributed by atoms with E-state index in [1.807, 2.05) is 41.8 Å². The Bertz CT molecular complexity index is 1120. The maximum atomic E-state index is 12.7. The second-order valence-electron chi connectivity index (χ2n) is 8.27. The fourth-order valence-corrected chi connectivity index (χ4v) is 6.38. The molecular weight excluding hydrogens is 402 g/mol. The van der Waals surface area contributed by atoms with Crippen molar-refractivity contribution >= 4 is 21.6 Å². The van der Waals surface area contributed by atoms with Gasteiger partial charge in [-0.25, -0.2) is 12.7 Å². The van der Waals surface area contributed by atoms with Gasteiger partial charge in [-0.15, -0.1) is 0 Å². The third-order valence-electron chi connectivity index (χ3n) is 5.93. The lowest BCUT2D eigenvalue weighted by Crippen LogP contribution is -2.49. The van der Waals surface area contributed by atoms with Crippen molar-refractivity contribution < 1.29 is 13.2 Å². The molecule has 1 fully saturated rings. The van der Waals surface area contributed by atoms with Gasteiger partial charge >= 0.3 is 0 Å². The number of pyridine rings is 1. The van der Waals surface area contributed by atoms with E-state index in [1.165, 1.54) is 6.92 Å².